The largest absolute Gasteiger partial charge is 0.726 e. The van der Waals surface area contributed by atoms with Crippen LogP contribution in [0.1, 0.15) is 51.3 Å². The quantitative estimate of drug-likeness (QED) is 0.344. The van der Waals surface area contributed by atoms with Gasteiger partial charge in [-0.2, -0.15) is 0 Å². The Morgan fingerprint density at radius 3 is 2.25 bits per heavy atom. The molecule has 0 aliphatic carbocycles. The standard InChI is InChI=1S/C8H18O4S.C5H8N2/c1-2-3-4-5-6-7-8-12-13(9,10)11;1-5-6-3-4-7(5)2/h2-8H2,1H3,(H,9,10,11);3-4H,1-2H3. The van der Waals surface area contributed by atoms with Gasteiger partial charge in [-0.1, -0.05) is 39.0 Å². The van der Waals surface area contributed by atoms with Crippen molar-refractivity contribution in [3.05, 3.63) is 18.2 Å². The SMILES string of the molecule is CCCCCCCCOS(=O)(=O)[O-].Cc1[nH]cc[n+]1C. The summed E-state index contributed by atoms with van der Waals surface area (Å²) in [6.07, 6.45) is 10.1. The first kappa shape index (κ1) is 19.1. The molecule has 1 heterocycles. The van der Waals surface area contributed by atoms with E-state index in [2.05, 4.69) is 16.1 Å². The van der Waals surface area contributed by atoms with Crippen LogP contribution >= 0.6 is 0 Å². The Morgan fingerprint density at radius 1 is 1.25 bits per heavy atom. The van der Waals surface area contributed by atoms with E-state index in [-0.39, 0.29) is 6.61 Å². The van der Waals surface area contributed by atoms with E-state index < -0.39 is 10.4 Å². The van der Waals surface area contributed by atoms with E-state index in [1.165, 1.54) is 25.1 Å². The Kier molecular flexibility index (Phi) is 10.3. The molecule has 0 bridgehead atoms. The molecule has 1 aromatic rings. The lowest BCUT2D eigenvalue weighted by Gasteiger charge is -2.06. The van der Waals surface area contributed by atoms with Crippen molar-refractivity contribution in [1.29, 1.82) is 0 Å². The molecule has 0 saturated carbocycles. The number of H-pyrrole nitrogens is 1. The zero-order valence-corrected chi connectivity index (χ0v) is 13.4. The fraction of sp³-hybridized carbons (Fsp3) is 0.769. The van der Waals surface area contributed by atoms with E-state index in [0.29, 0.717) is 6.42 Å². The normalized spacial score (nSPS) is 11.0. The maximum atomic E-state index is 9.99. The molecule has 0 aliphatic heterocycles. The van der Waals surface area contributed by atoms with Gasteiger partial charge in [0.1, 0.15) is 12.4 Å². The van der Waals surface area contributed by atoms with Crippen LogP contribution in [0.3, 0.4) is 0 Å². The molecular weight excluding hydrogens is 280 g/mol. The molecule has 1 N–H and O–H groups in total. The molecule has 0 amide bonds. The second kappa shape index (κ2) is 10.8. The second-order valence-electron chi connectivity index (χ2n) is 4.65. The van der Waals surface area contributed by atoms with Crippen LogP contribution in [0.15, 0.2) is 12.4 Å². The monoisotopic (exact) mass is 306 g/mol. The van der Waals surface area contributed by atoms with Crippen LogP contribution in [0.4, 0.5) is 0 Å². The Labute approximate surface area is 122 Å². The van der Waals surface area contributed by atoms with Gasteiger partial charge in [-0.15, -0.1) is 0 Å². The van der Waals surface area contributed by atoms with Gasteiger partial charge in [0.15, 0.2) is 0 Å². The van der Waals surface area contributed by atoms with Gasteiger partial charge in [0.25, 0.3) is 5.82 Å². The van der Waals surface area contributed by atoms with Crippen LogP contribution in [-0.2, 0) is 21.6 Å². The first-order valence-corrected chi connectivity index (χ1v) is 8.30. The van der Waals surface area contributed by atoms with Crippen molar-refractivity contribution >= 4 is 10.4 Å². The Balaban J connectivity index is 0.000000428. The molecule has 0 aliphatic rings. The molecule has 0 saturated heterocycles. The fourth-order valence-electron chi connectivity index (χ4n) is 1.53. The molecule has 7 heteroatoms. The Morgan fingerprint density at radius 2 is 1.85 bits per heavy atom. The Bertz CT molecular complexity index is 426. The summed E-state index contributed by atoms with van der Waals surface area (Å²) in [4.78, 5) is 3.03. The van der Waals surface area contributed by atoms with Crippen LogP contribution in [-0.4, -0.2) is 24.6 Å². The number of aromatic amines is 1. The van der Waals surface area contributed by atoms with E-state index in [4.69, 9.17) is 0 Å². The van der Waals surface area contributed by atoms with Crippen LogP contribution in [0, 0.1) is 6.92 Å². The summed E-state index contributed by atoms with van der Waals surface area (Å²) in [5.41, 5.74) is 0. The molecule has 0 atom stereocenters. The lowest BCUT2D eigenvalue weighted by molar-refractivity contribution is -0.676. The predicted molar refractivity (Wildman–Crippen MR) is 75.7 cm³/mol. The van der Waals surface area contributed by atoms with Crippen LogP contribution in [0.25, 0.3) is 0 Å². The summed E-state index contributed by atoms with van der Waals surface area (Å²) in [6, 6.07) is 0. The third-order valence-corrected chi connectivity index (χ3v) is 3.30. The van der Waals surface area contributed by atoms with Crippen molar-refractivity contribution in [3.8, 4) is 0 Å². The highest BCUT2D eigenvalue weighted by Gasteiger charge is 1.94. The number of unbranched alkanes of at least 4 members (excludes halogenated alkanes) is 5. The highest BCUT2D eigenvalue weighted by Crippen LogP contribution is 2.05. The molecule has 1 rings (SSSR count). The zero-order valence-electron chi connectivity index (χ0n) is 12.6. The summed E-state index contributed by atoms with van der Waals surface area (Å²) in [6.45, 7) is 4.19. The van der Waals surface area contributed by atoms with Crippen LogP contribution in [0.2, 0.25) is 0 Å². The highest BCUT2D eigenvalue weighted by molar-refractivity contribution is 7.80. The first-order chi connectivity index (χ1) is 9.37. The molecule has 0 unspecified atom stereocenters. The number of nitrogens with one attached hydrogen (secondary N) is 1. The summed E-state index contributed by atoms with van der Waals surface area (Å²) in [5.74, 6) is 1.18. The number of hydrogen-bond acceptors (Lipinski definition) is 4. The van der Waals surface area contributed by atoms with Crippen molar-refractivity contribution in [2.24, 2.45) is 7.05 Å². The average Bonchev–Trinajstić information content (AvgIpc) is 2.72. The van der Waals surface area contributed by atoms with Crippen molar-refractivity contribution in [2.45, 2.75) is 52.4 Å². The van der Waals surface area contributed by atoms with Crippen molar-refractivity contribution in [1.82, 2.24) is 4.98 Å². The van der Waals surface area contributed by atoms with E-state index in [1.54, 1.807) is 0 Å². The maximum absolute atomic E-state index is 9.99. The number of imidazole rings is 1. The molecule has 118 valence electrons. The van der Waals surface area contributed by atoms with Crippen molar-refractivity contribution < 1.29 is 21.7 Å². The molecular formula is C13H26N2O4S. The van der Waals surface area contributed by atoms with E-state index in [1.807, 2.05) is 30.9 Å². The minimum absolute atomic E-state index is 0.0258. The second-order valence-corrected chi connectivity index (χ2v) is 5.71. The van der Waals surface area contributed by atoms with Gasteiger partial charge >= 0.3 is 0 Å². The summed E-state index contributed by atoms with van der Waals surface area (Å²) >= 11 is 0. The topological polar surface area (TPSA) is 86.1 Å². The minimum Gasteiger partial charge on any atom is -0.726 e. The summed E-state index contributed by atoms with van der Waals surface area (Å²) < 4.78 is 36.0. The van der Waals surface area contributed by atoms with Crippen LogP contribution in [0.5, 0.6) is 0 Å². The first-order valence-electron chi connectivity index (χ1n) is 6.96. The molecule has 20 heavy (non-hydrogen) atoms. The Hall–Kier alpha value is -0.920. The van der Waals surface area contributed by atoms with Gasteiger partial charge in [-0.3, -0.25) is 4.18 Å². The van der Waals surface area contributed by atoms with Crippen LogP contribution < -0.4 is 4.57 Å². The van der Waals surface area contributed by atoms with Gasteiger partial charge < -0.3 is 4.55 Å². The predicted octanol–water partition coefficient (Wildman–Crippen LogP) is 1.97. The van der Waals surface area contributed by atoms with E-state index >= 15 is 0 Å². The lowest BCUT2D eigenvalue weighted by atomic mass is 10.1. The van der Waals surface area contributed by atoms with Gasteiger partial charge in [-0.05, 0) is 6.42 Å². The third-order valence-electron chi connectivity index (χ3n) is 2.84. The molecule has 0 radical (unpaired) electrons. The average molecular weight is 306 g/mol. The van der Waals surface area contributed by atoms with E-state index in [9.17, 15) is 13.0 Å². The molecule has 0 fully saturated rings. The zero-order chi connectivity index (χ0) is 15.4. The minimum atomic E-state index is -4.47. The molecule has 1 aromatic heterocycles. The van der Waals surface area contributed by atoms with Gasteiger partial charge in [0.2, 0.25) is 10.4 Å². The van der Waals surface area contributed by atoms with E-state index in [0.717, 1.165) is 12.8 Å². The third kappa shape index (κ3) is 12.1. The molecule has 0 spiro atoms. The van der Waals surface area contributed by atoms with Gasteiger partial charge in [-0.25, -0.2) is 18.0 Å². The number of rotatable bonds is 8. The summed E-state index contributed by atoms with van der Waals surface area (Å²) in [7, 11) is -2.47. The number of nitrogens with zero attached hydrogens (tertiary/aromatic N) is 1. The molecule has 0 aromatic carbocycles. The maximum Gasteiger partial charge on any atom is 0.250 e. The number of hydrogen-bond donors (Lipinski definition) is 1. The summed E-state index contributed by atoms with van der Waals surface area (Å²) in [5, 5.41) is 0. The van der Waals surface area contributed by atoms with Crippen molar-refractivity contribution in [2.75, 3.05) is 6.61 Å². The van der Waals surface area contributed by atoms with Gasteiger partial charge in [0.05, 0.1) is 13.7 Å². The number of aryl methyl sites for hydroxylation is 2. The van der Waals surface area contributed by atoms with Crippen molar-refractivity contribution in [3.63, 3.8) is 0 Å². The smallest absolute Gasteiger partial charge is 0.250 e. The van der Waals surface area contributed by atoms with Gasteiger partial charge in [0, 0.05) is 6.92 Å². The molecule has 6 nitrogen and oxygen atoms in total. The number of aromatic nitrogens is 2. The fourth-order valence-corrected chi connectivity index (χ4v) is 1.85. The lowest BCUT2D eigenvalue weighted by Crippen LogP contribution is -2.27. The highest BCUT2D eigenvalue weighted by atomic mass is 32.3.